The van der Waals surface area contributed by atoms with Gasteiger partial charge >= 0.3 is 0 Å². The number of likely N-dealkylation sites (tertiary alicyclic amines) is 1. The molecule has 0 aromatic heterocycles. The molecule has 0 spiro atoms. The summed E-state index contributed by atoms with van der Waals surface area (Å²) in [5.41, 5.74) is 1.15. The van der Waals surface area contributed by atoms with E-state index in [9.17, 15) is 0 Å². The van der Waals surface area contributed by atoms with Crippen molar-refractivity contribution < 1.29 is 9.47 Å². The van der Waals surface area contributed by atoms with Crippen molar-refractivity contribution in [3.05, 3.63) is 29.8 Å². The Morgan fingerprint density at radius 1 is 1.08 bits per heavy atom. The zero-order valence-electron chi connectivity index (χ0n) is 14.7. The molecule has 0 atom stereocenters. The Bertz CT molecular complexity index is 472. The molecule has 4 nitrogen and oxygen atoms in total. The number of para-hydroxylation sites is 1. The number of piperidine rings is 2. The zero-order chi connectivity index (χ0) is 15.9. The minimum Gasteiger partial charge on any atom is -0.496 e. The molecule has 1 aromatic rings. The van der Waals surface area contributed by atoms with E-state index in [1.54, 1.807) is 7.11 Å². The fourth-order valence-corrected chi connectivity index (χ4v) is 3.72. The normalized spacial score (nSPS) is 20.5. The molecule has 1 aromatic carbocycles. The maximum atomic E-state index is 6.13. The van der Waals surface area contributed by atoms with E-state index in [1.165, 1.54) is 45.6 Å². The van der Waals surface area contributed by atoms with Crippen LogP contribution < -0.4 is 10.1 Å². The van der Waals surface area contributed by atoms with Crippen molar-refractivity contribution in [2.45, 2.75) is 38.4 Å². The topological polar surface area (TPSA) is 33.7 Å². The van der Waals surface area contributed by atoms with Gasteiger partial charge in [0.1, 0.15) is 5.75 Å². The molecule has 1 N–H and O–H groups in total. The second-order valence-electron chi connectivity index (χ2n) is 6.82. The molecule has 3 rings (SSSR count). The van der Waals surface area contributed by atoms with Crippen molar-refractivity contribution in [3.63, 3.8) is 0 Å². The predicted octanol–water partition coefficient (Wildman–Crippen LogP) is 3.10. The minimum absolute atomic E-state index is 0. The Labute approximate surface area is 152 Å². The van der Waals surface area contributed by atoms with E-state index in [4.69, 9.17) is 9.47 Å². The van der Waals surface area contributed by atoms with Crippen LogP contribution in [-0.2, 0) is 11.3 Å². The molecular formula is C19H31ClN2O2. The highest BCUT2D eigenvalue weighted by Crippen LogP contribution is 2.22. The second kappa shape index (κ2) is 10.2. The van der Waals surface area contributed by atoms with Crippen LogP contribution >= 0.6 is 12.4 Å². The molecule has 0 radical (unpaired) electrons. The van der Waals surface area contributed by atoms with Gasteiger partial charge in [0.15, 0.2) is 0 Å². The largest absolute Gasteiger partial charge is 0.496 e. The summed E-state index contributed by atoms with van der Waals surface area (Å²) in [7, 11) is 1.72. The number of hydrogen-bond acceptors (Lipinski definition) is 4. The maximum Gasteiger partial charge on any atom is 0.124 e. The summed E-state index contributed by atoms with van der Waals surface area (Å²) >= 11 is 0. The second-order valence-corrected chi connectivity index (χ2v) is 6.82. The molecule has 2 aliphatic rings. The van der Waals surface area contributed by atoms with Crippen LogP contribution in [0.15, 0.2) is 24.3 Å². The molecule has 0 bridgehead atoms. The van der Waals surface area contributed by atoms with E-state index >= 15 is 0 Å². The van der Waals surface area contributed by atoms with Crippen molar-refractivity contribution >= 4 is 12.4 Å². The third kappa shape index (κ3) is 5.62. The van der Waals surface area contributed by atoms with E-state index in [0.29, 0.717) is 12.7 Å². The van der Waals surface area contributed by atoms with Gasteiger partial charge < -0.3 is 19.7 Å². The standard InChI is InChI=1S/C19H30N2O2.ClH/c1-22-19-5-3-2-4-17(19)15-23-18-8-12-21(13-9-18)14-16-6-10-20-11-7-16;/h2-5,16,18,20H,6-15H2,1H3;1H. The zero-order valence-corrected chi connectivity index (χ0v) is 15.5. The summed E-state index contributed by atoms with van der Waals surface area (Å²) in [4.78, 5) is 2.64. The average Bonchev–Trinajstić information content (AvgIpc) is 2.62. The van der Waals surface area contributed by atoms with E-state index in [1.807, 2.05) is 18.2 Å². The van der Waals surface area contributed by atoms with Crippen LogP contribution in [0.2, 0.25) is 0 Å². The molecule has 2 fully saturated rings. The first-order chi connectivity index (χ1) is 11.3. The van der Waals surface area contributed by atoms with Gasteiger partial charge in [-0.15, -0.1) is 12.4 Å². The quantitative estimate of drug-likeness (QED) is 0.851. The number of rotatable bonds is 6. The monoisotopic (exact) mass is 354 g/mol. The number of halogens is 1. The Morgan fingerprint density at radius 2 is 1.79 bits per heavy atom. The van der Waals surface area contributed by atoms with E-state index in [-0.39, 0.29) is 12.4 Å². The first kappa shape index (κ1) is 19.5. The molecule has 0 unspecified atom stereocenters. The number of nitrogens with zero attached hydrogens (tertiary/aromatic N) is 1. The van der Waals surface area contributed by atoms with Crippen LogP contribution in [0.5, 0.6) is 5.75 Å². The van der Waals surface area contributed by atoms with Gasteiger partial charge in [0.25, 0.3) is 0 Å². The summed E-state index contributed by atoms with van der Waals surface area (Å²) in [6, 6.07) is 8.13. The van der Waals surface area contributed by atoms with Crippen molar-refractivity contribution in [2.75, 3.05) is 39.8 Å². The lowest BCUT2D eigenvalue weighted by Crippen LogP contribution is -2.41. The number of hydrogen-bond donors (Lipinski definition) is 1. The Kier molecular flexibility index (Phi) is 8.33. The van der Waals surface area contributed by atoms with Crippen molar-refractivity contribution in [1.82, 2.24) is 10.2 Å². The molecule has 24 heavy (non-hydrogen) atoms. The van der Waals surface area contributed by atoms with Crippen LogP contribution in [-0.4, -0.2) is 50.8 Å². The summed E-state index contributed by atoms with van der Waals surface area (Å²) in [5.74, 6) is 1.82. The molecule has 2 aliphatic heterocycles. The molecule has 0 aliphatic carbocycles. The van der Waals surface area contributed by atoms with Crippen LogP contribution in [0.1, 0.15) is 31.2 Å². The van der Waals surface area contributed by atoms with Crippen molar-refractivity contribution in [1.29, 1.82) is 0 Å². The average molecular weight is 355 g/mol. The smallest absolute Gasteiger partial charge is 0.124 e. The number of methoxy groups -OCH3 is 1. The Hall–Kier alpha value is -0.810. The number of benzene rings is 1. The first-order valence-electron chi connectivity index (χ1n) is 9.01. The van der Waals surface area contributed by atoms with Gasteiger partial charge in [0.2, 0.25) is 0 Å². The van der Waals surface area contributed by atoms with Gasteiger partial charge in [-0.25, -0.2) is 0 Å². The van der Waals surface area contributed by atoms with Gasteiger partial charge in [-0.1, -0.05) is 18.2 Å². The Morgan fingerprint density at radius 3 is 2.50 bits per heavy atom. The predicted molar refractivity (Wildman–Crippen MR) is 100 cm³/mol. The fourth-order valence-electron chi connectivity index (χ4n) is 3.72. The van der Waals surface area contributed by atoms with E-state index in [0.717, 1.165) is 30.1 Å². The highest BCUT2D eigenvalue weighted by Gasteiger charge is 2.23. The molecule has 0 amide bonds. The molecule has 0 saturated carbocycles. The molecule has 2 heterocycles. The highest BCUT2D eigenvalue weighted by molar-refractivity contribution is 5.85. The van der Waals surface area contributed by atoms with Crippen LogP contribution in [0.25, 0.3) is 0 Å². The summed E-state index contributed by atoms with van der Waals surface area (Å²) < 4.78 is 11.5. The number of ether oxygens (including phenoxy) is 2. The maximum absolute atomic E-state index is 6.13. The van der Waals surface area contributed by atoms with E-state index in [2.05, 4.69) is 16.3 Å². The minimum atomic E-state index is 0. The molecule has 2 saturated heterocycles. The third-order valence-corrected chi connectivity index (χ3v) is 5.18. The van der Waals surface area contributed by atoms with Crippen LogP contribution in [0, 0.1) is 5.92 Å². The first-order valence-corrected chi connectivity index (χ1v) is 9.01. The van der Waals surface area contributed by atoms with Gasteiger partial charge in [-0.2, -0.15) is 0 Å². The van der Waals surface area contributed by atoms with E-state index < -0.39 is 0 Å². The SMILES string of the molecule is COc1ccccc1COC1CCN(CC2CCNCC2)CC1.Cl. The molecule has 5 heteroatoms. The molecule has 136 valence electrons. The lowest BCUT2D eigenvalue weighted by molar-refractivity contribution is -0.00639. The van der Waals surface area contributed by atoms with Crippen molar-refractivity contribution in [3.8, 4) is 5.75 Å². The lowest BCUT2D eigenvalue weighted by Gasteiger charge is -2.35. The summed E-state index contributed by atoms with van der Waals surface area (Å²) in [5, 5.41) is 3.45. The third-order valence-electron chi connectivity index (χ3n) is 5.18. The lowest BCUT2D eigenvalue weighted by atomic mass is 9.96. The van der Waals surface area contributed by atoms with Crippen molar-refractivity contribution in [2.24, 2.45) is 5.92 Å². The fraction of sp³-hybridized carbons (Fsp3) is 0.684. The molecular weight excluding hydrogens is 324 g/mol. The summed E-state index contributed by atoms with van der Waals surface area (Å²) in [6.45, 7) is 6.69. The van der Waals surface area contributed by atoms with Gasteiger partial charge in [-0.05, 0) is 50.8 Å². The van der Waals surface area contributed by atoms with Gasteiger partial charge in [0, 0.05) is 25.2 Å². The number of nitrogens with one attached hydrogen (secondary N) is 1. The van der Waals surface area contributed by atoms with Gasteiger partial charge in [0.05, 0.1) is 19.8 Å². The van der Waals surface area contributed by atoms with Crippen LogP contribution in [0.4, 0.5) is 0 Å². The highest BCUT2D eigenvalue weighted by atomic mass is 35.5. The Balaban J connectivity index is 0.00000208. The van der Waals surface area contributed by atoms with Crippen LogP contribution in [0.3, 0.4) is 0 Å². The summed E-state index contributed by atoms with van der Waals surface area (Å²) in [6.07, 6.45) is 5.37. The van der Waals surface area contributed by atoms with Gasteiger partial charge in [-0.3, -0.25) is 0 Å².